The van der Waals surface area contributed by atoms with E-state index in [2.05, 4.69) is 45.1 Å². The van der Waals surface area contributed by atoms with Gasteiger partial charge in [-0.25, -0.2) is 0 Å². The number of benzene rings is 4. The molecule has 12 heteroatoms. The van der Waals surface area contributed by atoms with Crippen molar-refractivity contribution < 1.29 is 24.2 Å². The highest BCUT2D eigenvalue weighted by atomic mass is 32.2. The molecule has 1 aromatic heterocycles. The van der Waals surface area contributed by atoms with Crippen LogP contribution in [-0.4, -0.2) is 39.0 Å². The summed E-state index contributed by atoms with van der Waals surface area (Å²) in [7, 11) is 0. The number of carbonyl (C=O) groups excluding carboxylic acids is 2. The first-order chi connectivity index (χ1) is 25.3. The van der Waals surface area contributed by atoms with Crippen molar-refractivity contribution in [2.75, 3.05) is 16.8 Å². The van der Waals surface area contributed by atoms with Crippen LogP contribution in [0.25, 0.3) is 11.1 Å². The Kier molecular flexibility index (Phi) is 13.0. The van der Waals surface area contributed by atoms with Gasteiger partial charge in [0.25, 0.3) is 0 Å². The third kappa shape index (κ3) is 10.5. The molecule has 0 unspecified atom stereocenters. The molecule has 52 heavy (non-hydrogen) atoms. The molecule has 0 spiro atoms. The number of nitrogen functional groups attached to an aromatic ring is 1. The predicted molar refractivity (Wildman–Crippen MR) is 205 cm³/mol. The van der Waals surface area contributed by atoms with Crippen molar-refractivity contribution in [2.24, 2.45) is 0 Å². The summed E-state index contributed by atoms with van der Waals surface area (Å²) in [5.41, 5.74) is 12.8. The average Bonchev–Trinajstić information content (AvgIpc) is 3.60. The standard InChI is InChI=1S/C40H43N5O5S2/c1-26-44-45-40(52-26)51-25-33-22-36(29-18-16-27(24-46)17-19-29)50-39(49-33)32-11-7-10-31(21-32)30-9-6-8-28(20-30)23-42-37(47)14-4-5-15-38(48)43-35-13-3-2-12-34(35)41/h2-3,6-13,16-21,33,36,39,46H,4-5,14-15,22-25,41H2,1H3,(H,42,47)(H,43,48)/t33-,36+,39+/m1/s1. The highest BCUT2D eigenvalue weighted by Crippen LogP contribution is 2.40. The van der Waals surface area contributed by atoms with Gasteiger partial charge in [-0.05, 0) is 71.8 Å². The van der Waals surface area contributed by atoms with E-state index in [4.69, 9.17) is 15.2 Å². The van der Waals surface area contributed by atoms with Crippen molar-refractivity contribution in [1.82, 2.24) is 15.5 Å². The van der Waals surface area contributed by atoms with E-state index in [1.165, 1.54) is 0 Å². The fourth-order valence-electron chi connectivity index (χ4n) is 5.93. The van der Waals surface area contributed by atoms with Crippen LogP contribution in [-0.2, 0) is 32.2 Å². The van der Waals surface area contributed by atoms with E-state index in [9.17, 15) is 14.7 Å². The molecule has 1 aliphatic rings. The van der Waals surface area contributed by atoms with Gasteiger partial charge in [0.1, 0.15) is 5.01 Å². The minimum Gasteiger partial charge on any atom is -0.397 e. The van der Waals surface area contributed by atoms with Gasteiger partial charge in [-0.3, -0.25) is 9.59 Å². The number of hydrogen-bond acceptors (Lipinski definition) is 10. The van der Waals surface area contributed by atoms with Crippen LogP contribution in [0.1, 0.15) is 71.8 Å². The van der Waals surface area contributed by atoms with E-state index >= 15 is 0 Å². The number of aromatic nitrogens is 2. The van der Waals surface area contributed by atoms with Crippen LogP contribution in [0.4, 0.5) is 11.4 Å². The molecular formula is C40H43N5O5S2. The third-order valence-corrected chi connectivity index (χ3v) is 10.8. The molecule has 0 bridgehead atoms. The predicted octanol–water partition coefficient (Wildman–Crippen LogP) is 7.74. The number of thioether (sulfide) groups is 1. The minimum atomic E-state index is -0.581. The number of rotatable bonds is 15. The number of aliphatic hydroxyl groups excluding tert-OH is 1. The zero-order valence-electron chi connectivity index (χ0n) is 29.0. The van der Waals surface area contributed by atoms with E-state index in [1.54, 1.807) is 35.2 Å². The Morgan fingerprint density at radius 2 is 1.62 bits per heavy atom. The van der Waals surface area contributed by atoms with Gasteiger partial charge >= 0.3 is 0 Å². The molecule has 0 saturated carbocycles. The lowest BCUT2D eigenvalue weighted by atomic mass is 9.99. The smallest absolute Gasteiger partial charge is 0.224 e. The first kappa shape index (κ1) is 37.2. The second-order valence-electron chi connectivity index (χ2n) is 12.7. The van der Waals surface area contributed by atoms with E-state index in [1.807, 2.05) is 67.6 Å². The van der Waals surface area contributed by atoms with Gasteiger partial charge in [-0.15, -0.1) is 10.2 Å². The Morgan fingerprint density at radius 1 is 0.865 bits per heavy atom. The topological polar surface area (TPSA) is 149 Å². The van der Waals surface area contributed by atoms with Crippen molar-refractivity contribution in [3.8, 4) is 11.1 Å². The normalized spacial score (nSPS) is 17.1. The molecule has 270 valence electrons. The number of hydrogen-bond donors (Lipinski definition) is 4. The molecule has 6 rings (SSSR count). The summed E-state index contributed by atoms with van der Waals surface area (Å²) in [6.45, 7) is 2.34. The van der Waals surface area contributed by atoms with Crippen LogP contribution in [0.2, 0.25) is 0 Å². The van der Waals surface area contributed by atoms with Crippen LogP contribution in [0, 0.1) is 6.92 Å². The number of unbranched alkanes of at least 4 members (excludes halogenated alkanes) is 1. The number of para-hydroxylation sites is 2. The van der Waals surface area contributed by atoms with Crippen LogP contribution < -0.4 is 16.4 Å². The molecule has 0 radical (unpaired) electrons. The SMILES string of the molecule is Cc1nnc(SC[C@H]2C[C@@H](c3ccc(CO)cc3)O[C@@H](c3cccc(-c4cccc(CNC(=O)CCCCC(=O)Nc5ccccc5N)c4)c3)O2)s1. The van der Waals surface area contributed by atoms with Gasteiger partial charge in [-0.1, -0.05) is 95.9 Å². The fourth-order valence-corrected chi connectivity index (χ4v) is 7.79. The van der Waals surface area contributed by atoms with Crippen molar-refractivity contribution in [1.29, 1.82) is 0 Å². The molecule has 3 atom stereocenters. The van der Waals surface area contributed by atoms with Gasteiger partial charge in [0.2, 0.25) is 11.8 Å². The summed E-state index contributed by atoms with van der Waals surface area (Å²) in [4.78, 5) is 24.9. The second-order valence-corrected chi connectivity index (χ2v) is 15.1. The van der Waals surface area contributed by atoms with Crippen LogP contribution in [0.5, 0.6) is 0 Å². The molecule has 1 fully saturated rings. The number of aryl methyl sites for hydroxylation is 1. The maximum Gasteiger partial charge on any atom is 0.224 e. The molecule has 2 heterocycles. The van der Waals surface area contributed by atoms with Gasteiger partial charge in [0.15, 0.2) is 10.6 Å². The average molecular weight is 738 g/mol. The van der Waals surface area contributed by atoms with E-state index in [-0.39, 0.29) is 30.6 Å². The Hall–Kier alpha value is -4.59. The summed E-state index contributed by atoms with van der Waals surface area (Å²) in [6.07, 6.45) is 1.71. The van der Waals surface area contributed by atoms with Crippen molar-refractivity contribution in [3.05, 3.63) is 124 Å². The zero-order chi connectivity index (χ0) is 36.3. The van der Waals surface area contributed by atoms with Gasteiger partial charge in [0.05, 0.1) is 30.2 Å². The number of nitrogens with zero attached hydrogens (tertiary/aromatic N) is 2. The van der Waals surface area contributed by atoms with Gasteiger partial charge in [-0.2, -0.15) is 0 Å². The summed E-state index contributed by atoms with van der Waals surface area (Å²) in [5, 5.41) is 24.7. The minimum absolute atomic E-state index is 0.00752. The Labute approximate surface area is 312 Å². The molecule has 10 nitrogen and oxygen atoms in total. The monoisotopic (exact) mass is 737 g/mol. The highest BCUT2D eigenvalue weighted by Gasteiger charge is 2.32. The lowest BCUT2D eigenvalue weighted by molar-refractivity contribution is -0.245. The lowest BCUT2D eigenvalue weighted by Crippen LogP contribution is -2.31. The van der Waals surface area contributed by atoms with E-state index < -0.39 is 6.29 Å². The first-order valence-corrected chi connectivity index (χ1v) is 19.2. The number of aliphatic hydroxyl groups is 1. The summed E-state index contributed by atoms with van der Waals surface area (Å²) in [6, 6.07) is 31.3. The van der Waals surface area contributed by atoms with Crippen molar-refractivity contribution >= 4 is 46.3 Å². The lowest BCUT2D eigenvalue weighted by Gasteiger charge is -2.36. The molecule has 4 aromatic carbocycles. The van der Waals surface area contributed by atoms with Gasteiger partial charge < -0.3 is 30.9 Å². The molecule has 0 aliphatic carbocycles. The Morgan fingerprint density at radius 3 is 2.37 bits per heavy atom. The maximum absolute atomic E-state index is 12.6. The highest BCUT2D eigenvalue weighted by molar-refractivity contribution is 8.01. The first-order valence-electron chi connectivity index (χ1n) is 17.4. The number of carbonyl (C=O) groups is 2. The molecule has 1 saturated heterocycles. The quantitative estimate of drug-likeness (QED) is 0.0481. The van der Waals surface area contributed by atoms with Crippen LogP contribution in [0.3, 0.4) is 0 Å². The number of amides is 2. The largest absolute Gasteiger partial charge is 0.397 e. The number of nitrogens with one attached hydrogen (secondary N) is 2. The van der Waals surface area contributed by atoms with Crippen LogP contribution >= 0.6 is 23.1 Å². The zero-order valence-corrected chi connectivity index (χ0v) is 30.6. The summed E-state index contributed by atoms with van der Waals surface area (Å²) < 4.78 is 14.1. The second kappa shape index (κ2) is 18.3. The number of nitrogens with two attached hydrogens (primary N) is 1. The molecule has 5 N–H and O–H groups in total. The van der Waals surface area contributed by atoms with Crippen LogP contribution in [0.15, 0.2) is 101 Å². The third-order valence-electron chi connectivity index (χ3n) is 8.72. The Bertz CT molecular complexity index is 1950. The summed E-state index contributed by atoms with van der Waals surface area (Å²) in [5.74, 6) is 0.542. The molecule has 2 amide bonds. The van der Waals surface area contributed by atoms with Crippen molar-refractivity contribution in [2.45, 2.75) is 75.0 Å². The molecule has 5 aromatic rings. The maximum atomic E-state index is 12.6. The molecular weight excluding hydrogens is 695 g/mol. The fraction of sp³-hybridized carbons (Fsp3) is 0.300. The van der Waals surface area contributed by atoms with Crippen molar-refractivity contribution in [3.63, 3.8) is 0 Å². The van der Waals surface area contributed by atoms with E-state index in [0.717, 1.165) is 42.7 Å². The number of ether oxygens (including phenoxy) is 2. The van der Waals surface area contributed by atoms with Gasteiger partial charge in [0, 0.05) is 37.1 Å². The van der Waals surface area contributed by atoms with E-state index in [0.29, 0.717) is 55.8 Å². The number of anilines is 2. The molecule has 1 aliphatic heterocycles. The summed E-state index contributed by atoms with van der Waals surface area (Å²) >= 11 is 3.22. The Balaban J connectivity index is 1.05.